The first kappa shape index (κ1) is 21.6. The average Bonchev–Trinajstić information content (AvgIpc) is 3.36. The van der Waals surface area contributed by atoms with Gasteiger partial charge in [-0.1, -0.05) is 25.5 Å². The molecule has 2 amide bonds. The van der Waals surface area contributed by atoms with Gasteiger partial charge in [-0.15, -0.1) is 16.9 Å². The lowest BCUT2D eigenvalue weighted by Crippen LogP contribution is -2.68. The van der Waals surface area contributed by atoms with E-state index in [0.29, 0.717) is 23.7 Å². The van der Waals surface area contributed by atoms with Crippen LogP contribution in [0.5, 0.6) is 5.75 Å². The molecular weight excluding hydrogens is 418 g/mol. The first-order valence-corrected chi connectivity index (χ1v) is 11.2. The Morgan fingerprint density at radius 3 is 2.97 bits per heavy atom. The molecule has 10 nitrogen and oxygen atoms in total. The smallest absolute Gasteiger partial charge is 0.249 e. The van der Waals surface area contributed by atoms with E-state index in [4.69, 9.17) is 10.5 Å². The number of rotatable bonds is 8. The van der Waals surface area contributed by atoms with Crippen molar-refractivity contribution in [2.75, 3.05) is 6.61 Å². The van der Waals surface area contributed by atoms with Crippen LogP contribution in [0, 0.1) is 0 Å². The molecule has 1 aromatic heterocycles. The molecule has 4 rings (SSSR count). The lowest BCUT2D eigenvalue weighted by molar-refractivity contribution is -0.152. The molecule has 11 heteroatoms. The van der Waals surface area contributed by atoms with Gasteiger partial charge in [0.2, 0.25) is 11.8 Å². The summed E-state index contributed by atoms with van der Waals surface area (Å²) < 4.78 is 5.39. The maximum atomic E-state index is 12.9. The minimum absolute atomic E-state index is 0.165. The molecule has 4 atom stereocenters. The Balaban J connectivity index is 1.42. The molecule has 0 bridgehead atoms. The van der Waals surface area contributed by atoms with Gasteiger partial charge in [-0.25, -0.2) is 5.10 Å². The second kappa shape index (κ2) is 8.46. The summed E-state index contributed by atoms with van der Waals surface area (Å²) in [5, 5.41) is 16.7. The predicted octanol–water partition coefficient (Wildman–Crippen LogP) is 1.30. The summed E-state index contributed by atoms with van der Waals surface area (Å²) in [5.74, 6) is 0.653. The first-order chi connectivity index (χ1) is 14.8. The number of nitrogens with two attached hydrogens (primary N) is 1. The van der Waals surface area contributed by atoms with Crippen LogP contribution in [0.2, 0.25) is 0 Å². The van der Waals surface area contributed by atoms with Crippen LogP contribution in [-0.2, 0) is 9.59 Å². The van der Waals surface area contributed by atoms with E-state index in [0.717, 1.165) is 12.8 Å². The van der Waals surface area contributed by atoms with E-state index in [2.05, 4.69) is 32.9 Å². The largest absolute Gasteiger partial charge is 0.494 e. The Morgan fingerprint density at radius 2 is 2.26 bits per heavy atom. The summed E-state index contributed by atoms with van der Waals surface area (Å²) >= 11 is 1.61. The van der Waals surface area contributed by atoms with Crippen LogP contribution in [-0.4, -0.2) is 60.1 Å². The van der Waals surface area contributed by atoms with Crippen LogP contribution in [0.15, 0.2) is 24.3 Å². The van der Waals surface area contributed by atoms with Crippen molar-refractivity contribution in [1.82, 2.24) is 30.8 Å². The van der Waals surface area contributed by atoms with Gasteiger partial charge in [0.05, 0.1) is 6.61 Å². The summed E-state index contributed by atoms with van der Waals surface area (Å²) in [5.41, 5.74) is 6.84. The van der Waals surface area contributed by atoms with Crippen molar-refractivity contribution in [2.45, 2.75) is 61.9 Å². The van der Waals surface area contributed by atoms with Crippen molar-refractivity contribution in [2.24, 2.45) is 5.73 Å². The summed E-state index contributed by atoms with van der Waals surface area (Å²) in [6.07, 6.45) is 2.00. The highest BCUT2D eigenvalue weighted by atomic mass is 32.2. The number of benzene rings is 1. The van der Waals surface area contributed by atoms with Gasteiger partial charge in [-0.05, 0) is 48.4 Å². The highest BCUT2D eigenvalue weighted by Crippen LogP contribution is 2.56. The maximum absolute atomic E-state index is 12.9. The third kappa shape index (κ3) is 3.99. The van der Waals surface area contributed by atoms with Gasteiger partial charge < -0.3 is 20.7 Å². The number of amides is 2. The summed E-state index contributed by atoms with van der Waals surface area (Å²) in [4.78, 5) is 27.4. The van der Waals surface area contributed by atoms with Gasteiger partial charge in [0.1, 0.15) is 29.2 Å². The molecule has 166 valence electrons. The number of hydrogen-bond donors (Lipinski definition) is 3. The van der Waals surface area contributed by atoms with Gasteiger partial charge >= 0.3 is 0 Å². The average molecular weight is 446 g/mol. The molecule has 2 aromatic rings. The topological polar surface area (TPSA) is 139 Å². The Hall–Kier alpha value is -2.66. The number of hydrogen-bond acceptors (Lipinski definition) is 8. The third-order valence-electron chi connectivity index (χ3n) is 5.63. The van der Waals surface area contributed by atoms with Crippen LogP contribution in [0.25, 0.3) is 0 Å². The van der Waals surface area contributed by atoms with E-state index in [1.807, 2.05) is 26.0 Å². The molecule has 3 heterocycles. The second-order valence-corrected chi connectivity index (χ2v) is 10.1. The van der Waals surface area contributed by atoms with Gasteiger partial charge in [0.25, 0.3) is 0 Å². The molecule has 1 aromatic carbocycles. The number of aromatic amines is 1. The molecule has 2 saturated heterocycles. The van der Waals surface area contributed by atoms with Gasteiger partial charge in [-0.2, -0.15) is 0 Å². The van der Waals surface area contributed by atoms with Crippen molar-refractivity contribution in [3.63, 3.8) is 0 Å². The Bertz CT molecular complexity index is 952. The van der Waals surface area contributed by atoms with E-state index in [9.17, 15) is 9.59 Å². The van der Waals surface area contributed by atoms with Crippen molar-refractivity contribution in [3.8, 4) is 5.75 Å². The molecule has 0 saturated carbocycles. The van der Waals surface area contributed by atoms with Crippen LogP contribution >= 0.6 is 11.8 Å². The Morgan fingerprint density at radius 1 is 1.45 bits per heavy atom. The summed E-state index contributed by atoms with van der Waals surface area (Å²) in [6, 6.07) is 5.39. The van der Waals surface area contributed by atoms with E-state index in [-0.39, 0.29) is 22.1 Å². The van der Waals surface area contributed by atoms with E-state index < -0.39 is 18.0 Å². The second-order valence-electron chi connectivity index (χ2n) is 8.28. The normalized spacial score (nSPS) is 25.0. The third-order valence-corrected chi connectivity index (χ3v) is 7.20. The molecule has 4 N–H and O–H groups in total. The number of carbonyl (C=O) groups is 2. The lowest BCUT2D eigenvalue weighted by atomic mass is 9.95. The number of aromatic nitrogens is 4. The number of nitrogens with one attached hydrogen (secondary N) is 2. The molecule has 3 unspecified atom stereocenters. The molecule has 0 radical (unpaired) electrons. The number of carbonyl (C=O) groups excluding carboxylic acids is 2. The number of nitrogens with zero attached hydrogens (tertiary/aromatic N) is 4. The van der Waals surface area contributed by atoms with Crippen LogP contribution in [0.4, 0.5) is 0 Å². The quantitative estimate of drug-likeness (QED) is 0.408. The zero-order valence-electron chi connectivity index (χ0n) is 17.7. The van der Waals surface area contributed by atoms with Gasteiger partial charge in [-0.3, -0.25) is 9.59 Å². The van der Waals surface area contributed by atoms with Crippen molar-refractivity contribution in [3.05, 3.63) is 35.7 Å². The highest BCUT2D eigenvalue weighted by Gasteiger charge is 2.63. The Labute approximate surface area is 184 Å². The number of thioether (sulfide) groups is 1. The van der Waals surface area contributed by atoms with Crippen LogP contribution < -0.4 is 15.8 Å². The maximum Gasteiger partial charge on any atom is 0.249 e. The fraction of sp³-hybridized carbons (Fsp3) is 0.550. The van der Waals surface area contributed by atoms with Crippen molar-refractivity contribution in [1.29, 1.82) is 0 Å². The standard InChI is InChI=1S/C20H27N7O3S/c1-4-5-9-30-12-8-6-7-11(10-12)13(21)17(28)22-14-18(29)27-15(16-23-25-26-24-16)20(2,3)31-19(14)27/h6-8,10,13-15,19H,4-5,9,21H2,1-3H3,(H,22,28)(H,23,24,25,26)/t13?,14?,15?,19-/m0/s1. The number of tetrazole rings is 1. The number of H-pyrrole nitrogens is 1. The van der Waals surface area contributed by atoms with Crippen molar-refractivity contribution >= 4 is 23.6 Å². The number of β-lactam (4-membered cyclic amide) rings is 1. The van der Waals surface area contributed by atoms with Gasteiger partial charge in [0.15, 0.2) is 5.82 Å². The van der Waals surface area contributed by atoms with Crippen molar-refractivity contribution < 1.29 is 14.3 Å². The summed E-state index contributed by atoms with van der Waals surface area (Å²) in [6.45, 7) is 6.78. The highest BCUT2D eigenvalue weighted by molar-refractivity contribution is 8.01. The van der Waals surface area contributed by atoms with E-state index in [1.54, 1.807) is 28.8 Å². The zero-order chi connectivity index (χ0) is 22.2. The molecule has 2 aliphatic heterocycles. The predicted molar refractivity (Wildman–Crippen MR) is 115 cm³/mol. The fourth-order valence-corrected chi connectivity index (χ4v) is 5.64. The molecule has 2 aliphatic rings. The number of fused-ring (bicyclic) bond motifs is 1. The SMILES string of the molecule is CCCCOc1cccc(C(N)C(=O)NC2C(=O)N3C(c4nnn[nH]4)C(C)(C)S[C@@H]23)c1. The van der Waals surface area contributed by atoms with E-state index >= 15 is 0 Å². The van der Waals surface area contributed by atoms with Crippen LogP contribution in [0.3, 0.4) is 0 Å². The molecule has 31 heavy (non-hydrogen) atoms. The number of ether oxygens (including phenoxy) is 1. The first-order valence-electron chi connectivity index (χ1n) is 10.4. The molecule has 0 spiro atoms. The van der Waals surface area contributed by atoms with Gasteiger partial charge in [0, 0.05) is 4.75 Å². The lowest BCUT2D eigenvalue weighted by Gasteiger charge is -2.44. The van der Waals surface area contributed by atoms with E-state index in [1.165, 1.54) is 0 Å². The monoisotopic (exact) mass is 445 g/mol. The zero-order valence-corrected chi connectivity index (χ0v) is 18.6. The minimum Gasteiger partial charge on any atom is -0.494 e. The van der Waals surface area contributed by atoms with Crippen LogP contribution in [0.1, 0.15) is 57.1 Å². The molecule has 2 fully saturated rings. The number of unbranched alkanes of at least 4 members (excludes halogenated alkanes) is 1. The molecule has 0 aliphatic carbocycles. The molecular formula is C20H27N7O3S. The summed E-state index contributed by atoms with van der Waals surface area (Å²) in [7, 11) is 0. The minimum atomic E-state index is -0.898. The Kier molecular flexibility index (Phi) is 5.89. The fourth-order valence-electron chi connectivity index (χ4n) is 4.00.